The smallest absolute Gasteiger partial charge is 0.416 e. The first kappa shape index (κ1) is 59.9. The fourth-order valence-corrected chi connectivity index (χ4v) is 7.76. The first-order valence-corrected chi connectivity index (χ1v) is 20.9. The molecule has 0 bridgehead atoms. The summed E-state index contributed by atoms with van der Waals surface area (Å²) in [6, 6.07) is 0.431. The molecular formula is C47H29BF24N2O2. The third-order valence-corrected chi connectivity index (χ3v) is 11.0. The quantitative estimate of drug-likeness (QED) is 0.0627. The zero-order chi connectivity index (χ0) is 57.6. The fourth-order valence-electron chi connectivity index (χ4n) is 7.76. The average molecular weight is 1120 g/mol. The van der Waals surface area contributed by atoms with Crippen LogP contribution in [0.15, 0.2) is 122 Å². The third kappa shape index (κ3) is 14.3. The number of ketones is 1. The highest BCUT2D eigenvalue weighted by Gasteiger charge is 2.47. The molecule has 29 heteroatoms. The van der Waals surface area contributed by atoms with Gasteiger partial charge in [-0.25, -0.2) is 4.98 Å². The normalized spacial score (nSPS) is 13.4. The molecule has 0 N–H and O–H groups in total. The summed E-state index contributed by atoms with van der Waals surface area (Å²) in [5.74, 6) is 0.589. The van der Waals surface area contributed by atoms with E-state index in [0.29, 0.717) is 11.4 Å². The third-order valence-electron chi connectivity index (χ3n) is 11.0. The molecule has 0 aliphatic rings. The Kier molecular flexibility index (Phi) is 16.5. The van der Waals surface area contributed by atoms with Gasteiger partial charge >= 0.3 is 49.4 Å². The monoisotopic (exact) mass is 1120 g/mol. The van der Waals surface area contributed by atoms with Crippen molar-refractivity contribution in [1.82, 2.24) is 4.98 Å². The summed E-state index contributed by atoms with van der Waals surface area (Å²) in [5, 5.41) is 0. The van der Waals surface area contributed by atoms with Gasteiger partial charge in [-0.15, -0.1) is 0 Å². The molecule has 410 valence electrons. The zero-order valence-electron chi connectivity index (χ0n) is 37.7. The number of hydrogen-bond acceptors (Lipinski definition) is 3. The minimum Gasteiger partial charge on any atom is -0.471 e. The van der Waals surface area contributed by atoms with E-state index in [1.165, 1.54) is 0 Å². The largest absolute Gasteiger partial charge is 0.471 e. The summed E-state index contributed by atoms with van der Waals surface area (Å²) >= 11 is 0. The van der Waals surface area contributed by atoms with Crippen LogP contribution < -0.4 is 31.2 Å². The van der Waals surface area contributed by atoms with Crippen molar-refractivity contribution in [3.8, 4) is 5.88 Å². The molecule has 0 saturated heterocycles. The van der Waals surface area contributed by atoms with Crippen LogP contribution in [0.1, 0.15) is 68.7 Å². The number of halogens is 24. The number of rotatable bonds is 9. The number of Topliss-reactive ketones (excluding diaryl/α,β-unsaturated/α-hetero) is 1. The van der Waals surface area contributed by atoms with Crippen LogP contribution in [0.4, 0.5) is 105 Å². The summed E-state index contributed by atoms with van der Waals surface area (Å²) in [6.07, 6.45) is -49.6. The Bertz CT molecular complexity index is 2600. The molecule has 0 radical (unpaired) electrons. The first-order chi connectivity index (χ1) is 34.4. The van der Waals surface area contributed by atoms with Crippen LogP contribution in [0.25, 0.3) is 0 Å². The number of nitrogens with zero attached hydrogens (tertiary/aromatic N) is 2. The molecule has 0 fully saturated rings. The van der Waals surface area contributed by atoms with E-state index in [0.717, 1.165) is 0 Å². The number of alkyl halides is 24. The standard InChI is InChI=1S/C32H12BF24.C15H17N2O2/c34-25(35,36)13-1-14(26(37,38)39)6-21(5-13)33(22-7-15(27(40,41)42)2-16(8-22)28(43,44)45,23-9-17(29(46,47)48)3-18(10-23)30(49,50)51)24-11-19(31(52,53)54)4-20(12-24)32(55,56)57;1-12(2)19-15-11-17(9-8-16-15)10-14(18)13-6-4-3-5-7-13/h1-12H;3-9,11-12H,10H2,1-2H3/q-1;+1. The molecule has 0 amide bonds. The molecule has 1 heterocycles. The second kappa shape index (κ2) is 20.9. The van der Waals surface area contributed by atoms with Gasteiger partial charge in [-0.3, -0.25) is 4.79 Å². The molecule has 4 nitrogen and oxygen atoms in total. The molecule has 0 aliphatic carbocycles. The van der Waals surface area contributed by atoms with Crippen molar-refractivity contribution in [1.29, 1.82) is 0 Å². The highest BCUT2D eigenvalue weighted by Crippen LogP contribution is 2.41. The Morgan fingerprint density at radius 3 is 0.947 bits per heavy atom. The average Bonchev–Trinajstić information content (AvgIpc) is 3.27. The summed E-state index contributed by atoms with van der Waals surface area (Å²) in [7, 11) is 0. The number of aromatic nitrogens is 2. The molecule has 0 aliphatic heterocycles. The lowest BCUT2D eigenvalue weighted by molar-refractivity contribution is -0.684. The van der Waals surface area contributed by atoms with Gasteiger partial charge in [-0.2, -0.15) is 132 Å². The van der Waals surface area contributed by atoms with E-state index >= 15 is 0 Å². The zero-order valence-corrected chi connectivity index (χ0v) is 37.7. The summed E-state index contributed by atoms with van der Waals surface area (Å²) < 4.78 is 348. The second-order valence-electron chi connectivity index (χ2n) is 16.7. The summed E-state index contributed by atoms with van der Waals surface area (Å²) in [6.45, 7) is 4.16. The minimum absolute atomic E-state index is 0.0623. The van der Waals surface area contributed by atoms with Gasteiger partial charge in [0.2, 0.25) is 18.5 Å². The molecule has 5 aromatic carbocycles. The summed E-state index contributed by atoms with van der Waals surface area (Å²) in [5.41, 5.74) is -29.5. The molecule has 0 spiro atoms. The predicted molar refractivity (Wildman–Crippen MR) is 221 cm³/mol. The second-order valence-corrected chi connectivity index (χ2v) is 16.7. The van der Waals surface area contributed by atoms with Crippen molar-refractivity contribution in [2.24, 2.45) is 0 Å². The molecule has 76 heavy (non-hydrogen) atoms. The highest BCUT2D eigenvalue weighted by molar-refractivity contribution is 7.20. The van der Waals surface area contributed by atoms with E-state index in [2.05, 4.69) is 4.98 Å². The summed E-state index contributed by atoms with van der Waals surface area (Å²) in [4.78, 5) is 16.2. The van der Waals surface area contributed by atoms with Crippen LogP contribution in [0.5, 0.6) is 5.88 Å². The van der Waals surface area contributed by atoms with Crippen molar-refractivity contribution in [3.05, 3.63) is 172 Å². The van der Waals surface area contributed by atoms with Gasteiger partial charge in [0.05, 0.1) is 56.8 Å². The van der Waals surface area contributed by atoms with Gasteiger partial charge in [0.1, 0.15) is 6.15 Å². The number of benzene rings is 5. The first-order valence-electron chi connectivity index (χ1n) is 20.9. The van der Waals surface area contributed by atoms with Gasteiger partial charge < -0.3 is 4.74 Å². The van der Waals surface area contributed by atoms with E-state index in [1.54, 1.807) is 23.2 Å². The fraction of sp³-hybridized carbons (Fsp3) is 0.255. The molecular weight excluding hydrogens is 1090 g/mol. The molecule has 6 rings (SSSR count). The maximum Gasteiger partial charge on any atom is 0.416 e. The van der Waals surface area contributed by atoms with Gasteiger partial charge in [0, 0.05) is 5.56 Å². The minimum atomic E-state index is -6.13. The van der Waals surface area contributed by atoms with Crippen LogP contribution in [0, 0.1) is 0 Å². The van der Waals surface area contributed by atoms with Crippen molar-refractivity contribution in [3.63, 3.8) is 0 Å². The van der Waals surface area contributed by atoms with Crippen molar-refractivity contribution in [2.75, 3.05) is 0 Å². The Labute approximate surface area is 411 Å². The molecule has 0 unspecified atom stereocenters. The molecule has 1 aromatic heterocycles. The van der Waals surface area contributed by atoms with E-state index in [-0.39, 0.29) is 18.4 Å². The SMILES string of the molecule is CC(C)Oc1c[n+](CC(=O)c2ccccc2)ccn1.FC(F)(F)c1cc([B-](c2cc(C(F)(F)F)cc(C(F)(F)F)c2)(c2cc(C(F)(F)F)cc(C(F)(F)F)c2)c2cc(C(F)(F)F)cc(C(F)(F)F)c2)cc(C(F)(F)F)c1. The van der Waals surface area contributed by atoms with Gasteiger partial charge in [-0.1, -0.05) is 78.9 Å². The van der Waals surface area contributed by atoms with E-state index < -0.39 is 195 Å². The van der Waals surface area contributed by atoms with Gasteiger partial charge in [0.25, 0.3) is 5.88 Å². The Hall–Kier alpha value is -6.97. The lowest BCUT2D eigenvalue weighted by atomic mass is 9.12. The lowest BCUT2D eigenvalue weighted by Gasteiger charge is -2.46. The van der Waals surface area contributed by atoms with Crippen molar-refractivity contribution in [2.45, 2.75) is 75.9 Å². The van der Waals surface area contributed by atoms with Crippen molar-refractivity contribution < 1.29 is 119 Å². The van der Waals surface area contributed by atoms with Crippen LogP contribution in [-0.2, 0) is 56.0 Å². The maximum atomic E-state index is 14.2. The molecule has 0 saturated carbocycles. The van der Waals surface area contributed by atoms with Crippen LogP contribution >= 0.6 is 0 Å². The van der Waals surface area contributed by atoms with Crippen LogP contribution in [-0.4, -0.2) is 23.0 Å². The van der Waals surface area contributed by atoms with E-state index in [1.807, 2.05) is 44.2 Å². The Morgan fingerprint density at radius 1 is 0.447 bits per heavy atom. The number of carbonyl (C=O) groups is 1. The number of carbonyl (C=O) groups excluding carboxylic acids is 1. The molecule has 6 aromatic rings. The van der Waals surface area contributed by atoms with E-state index in [9.17, 15) is 110 Å². The van der Waals surface area contributed by atoms with Gasteiger partial charge in [0.15, 0.2) is 6.20 Å². The Balaban J connectivity index is 0.000000468. The lowest BCUT2D eigenvalue weighted by Crippen LogP contribution is -2.75. The predicted octanol–water partition coefficient (Wildman–Crippen LogP) is 13.3. The topological polar surface area (TPSA) is 43.1 Å². The highest BCUT2D eigenvalue weighted by atomic mass is 19.4. The Morgan fingerprint density at radius 2 is 0.711 bits per heavy atom. The molecule has 0 atom stereocenters. The van der Waals surface area contributed by atoms with E-state index in [4.69, 9.17) is 4.74 Å². The van der Waals surface area contributed by atoms with Crippen LogP contribution in [0.2, 0.25) is 0 Å². The number of ether oxygens (including phenoxy) is 1. The van der Waals surface area contributed by atoms with Crippen molar-refractivity contribution >= 4 is 33.8 Å². The van der Waals surface area contributed by atoms with Gasteiger partial charge in [-0.05, 0) is 38.1 Å². The number of hydrogen-bond donors (Lipinski definition) is 0. The van der Waals surface area contributed by atoms with Crippen LogP contribution in [0.3, 0.4) is 0 Å². The maximum absolute atomic E-state index is 14.2.